The van der Waals surface area contributed by atoms with Crippen LogP contribution in [0.25, 0.3) is 22.2 Å². The van der Waals surface area contributed by atoms with Gasteiger partial charge in [-0.15, -0.1) is 0 Å². The number of nitrogens with zero attached hydrogens (tertiary/aromatic N) is 2. The maximum Gasteiger partial charge on any atom is 0.251 e. The van der Waals surface area contributed by atoms with Gasteiger partial charge in [-0.05, 0) is 43.7 Å². The SMILES string of the molecule is C=C1NCC(=O)N1c1ccc(-c2c(C(N)=O)c3ccc(OCC)cc3n2CC)cc1. The summed E-state index contributed by atoms with van der Waals surface area (Å²) in [5.41, 5.74) is 9.48. The fourth-order valence-corrected chi connectivity index (χ4v) is 4.02. The molecule has 2 heterocycles. The molecule has 0 unspecified atom stereocenters. The van der Waals surface area contributed by atoms with Crippen molar-refractivity contribution in [2.75, 3.05) is 18.1 Å². The van der Waals surface area contributed by atoms with Crippen molar-refractivity contribution in [1.29, 1.82) is 0 Å². The van der Waals surface area contributed by atoms with Crippen LogP contribution in [0, 0.1) is 0 Å². The fraction of sp³-hybridized carbons (Fsp3) is 0.217. The summed E-state index contributed by atoms with van der Waals surface area (Å²) in [4.78, 5) is 26.1. The number of nitrogens with two attached hydrogens (primary N) is 1. The molecule has 0 saturated carbocycles. The van der Waals surface area contributed by atoms with E-state index in [1.807, 2.05) is 56.3 Å². The quantitative estimate of drug-likeness (QED) is 0.660. The average Bonchev–Trinajstić information content (AvgIpc) is 3.24. The van der Waals surface area contributed by atoms with Crippen LogP contribution < -0.4 is 20.7 Å². The molecular formula is C23H24N4O3. The van der Waals surface area contributed by atoms with Crippen LogP contribution in [-0.2, 0) is 11.3 Å². The molecule has 3 aromatic rings. The molecule has 1 saturated heterocycles. The van der Waals surface area contributed by atoms with Crippen LogP contribution in [0.15, 0.2) is 54.9 Å². The van der Waals surface area contributed by atoms with Gasteiger partial charge in [-0.2, -0.15) is 0 Å². The van der Waals surface area contributed by atoms with E-state index in [0.29, 0.717) is 24.5 Å². The van der Waals surface area contributed by atoms with Gasteiger partial charge in [0, 0.05) is 18.0 Å². The van der Waals surface area contributed by atoms with Crippen molar-refractivity contribution < 1.29 is 14.3 Å². The predicted octanol–water partition coefficient (Wildman–Crippen LogP) is 3.23. The standard InChI is InChI=1S/C23H24N4O3/c1-4-26-19-12-17(30-5-2)10-11-18(19)21(23(24)29)22(26)15-6-8-16(9-7-15)27-14(3)25-13-20(27)28/h6-12,25H,3-5,13H2,1-2H3,(H2,24,29). The second-order valence-corrected chi connectivity index (χ2v) is 7.02. The Morgan fingerprint density at radius 1 is 1.20 bits per heavy atom. The maximum atomic E-state index is 12.4. The van der Waals surface area contributed by atoms with Gasteiger partial charge < -0.3 is 20.4 Å². The van der Waals surface area contributed by atoms with Crippen LogP contribution in [0.4, 0.5) is 5.69 Å². The Labute approximate surface area is 174 Å². The van der Waals surface area contributed by atoms with E-state index in [0.717, 1.165) is 33.6 Å². The lowest BCUT2D eigenvalue weighted by Gasteiger charge is -2.17. The van der Waals surface area contributed by atoms with Crippen molar-refractivity contribution in [3.05, 3.63) is 60.4 Å². The molecule has 1 aromatic heterocycles. The van der Waals surface area contributed by atoms with Crippen molar-refractivity contribution in [2.24, 2.45) is 5.73 Å². The number of benzene rings is 2. The van der Waals surface area contributed by atoms with Crippen molar-refractivity contribution >= 4 is 28.4 Å². The van der Waals surface area contributed by atoms with Crippen LogP contribution >= 0.6 is 0 Å². The first-order valence-electron chi connectivity index (χ1n) is 9.91. The largest absolute Gasteiger partial charge is 0.494 e. The van der Waals surface area contributed by atoms with E-state index in [-0.39, 0.29) is 12.5 Å². The number of hydrogen-bond acceptors (Lipinski definition) is 4. The predicted molar refractivity (Wildman–Crippen MR) is 117 cm³/mol. The minimum atomic E-state index is -0.484. The Hall–Kier alpha value is -3.74. The van der Waals surface area contributed by atoms with Crippen molar-refractivity contribution in [2.45, 2.75) is 20.4 Å². The molecule has 154 valence electrons. The summed E-state index contributed by atoms with van der Waals surface area (Å²) in [5.74, 6) is 0.754. The average molecular weight is 404 g/mol. The number of anilines is 1. The zero-order chi connectivity index (χ0) is 21.4. The van der Waals surface area contributed by atoms with Gasteiger partial charge in [0.25, 0.3) is 11.8 Å². The number of hydrogen-bond donors (Lipinski definition) is 2. The highest BCUT2D eigenvalue weighted by atomic mass is 16.5. The summed E-state index contributed by atoms with van der Waals surface area (Å²) in [6.07, 6.45) is 0. The third kappa shape index (κ3) is 3.08. The van der Waals surface area contributed by atoms with Crippen LogP contribution in [0.2, 0.25) is 0 Å². The molecule has 0 spiro atoms. The summed E-state index contributed by atoms with van der Waals surface area (Å²) in [6, 6.07) is 13.1. The molecule has 3 N–H and O–H groups in total. The molecule has 1 fully saturated rings. The summed E-state index contributed by atoms with van der Waals surface area (Å²) in [6.45, 7) is 9.28. The zero-order valence-corrected chi connectivity index (χ0v) is 17.1. The number of amides is 2. The van der Waals surface area contributed by atoms with E-state index >= 15 is 0 Å². The summed E-state index contributed by atoms with van der Waals surface area (Å²) in [5, 5.41) is 3.74. The van der Waals surface area contributed by atoms with Gasteiger partial charge in [0.2, 0.25) is 0 Å². The molecular weight excluding hydrogens is 380 g/mol. The van der Waals surface area contributed by atoms with Gasteiger partial charge in [-0.3, -0.25) is 14.5 Å². The van der Waals surface area contributed by atoms with Gasteiger partial charge >= 0.3 is 0 Å². The van der Waals surface area contributed by atoms with Gasteiger partial charge in [-0.25, -0.2) is 0 Å². The lowest BCUT2D eigenvalue weighted by atomic mass is 10.0. The molecule has 7 nitrogen and oxygen atoms in total. The van der Waals surface area contributed by atoms with E-state index in [4.69, 9.17) is 10.5 Å². The number of aromatic nitrogens is 1. The fourth-order valence-electron chi connectivity index (χ4n) is 4.02. The summed E-state index contributed by atoms with van der Waals surface area (Å²) < 4.78 is 7.70. The Morgan fingerprint density at radius 2 is 1.93 bits per heavy atom. The van der Waals surface area contributed by atoms with E-state index in [1.165, 1.54) is 0 Å². The molecule has 1 aliphatic rings. The first-order chi connectivity index (χ1) is 14.5. The van der Waals surface area contributed by atoms with Crippen LogP contribution in [0.5, 0.6) is 5.75 Å². The molecule has 0 atom stereocenters. The number of carbonyl (C=O) groups is 2. The minimum Gasteiger partial charge on any atom is -0.494 e. The normalized spacial score (nSPS) is 13.7. The van der Waals surface area contributed by atoms with E-state index in [1.54, 1.807) is 4.90 Å². The van der Waals surface area contributed by atoms with E-state index in [9.17, 15) is 9.59 Å². The van der Waals surface area contributed by atoms with Crippen molar-refractivity contribution in [3.8, 4) is 17.0 Å². The van der Waals surface area contributed by atoms with Crippen molar-refractivity contribution in [1.82, 2.24) is 9.88 Å². The topological polar surface area (TPSA) is 89.6 Å². The first kappa shape index (κ1) is 19.6. The summed E-state index contributed by atoms with van der Waals surface area (Å²) in [7, 11) is 0. The van der Waals surface area contributed by atoms with Gasteiger partial charge in [-0.1, -0.05) is 18.7 Å². The van der Waals surface area contributed by atoms with E-state index in [2.05, 4.69) is 16.5 Å². The molecule has 7 heteroatoms. The Morgan fingerprint density at radius 3 is 2.50 bits per heavy atom. The Kier molecular flexibility index (Phi) is 4.95. The minimum absolute atomic E-state index is 0.0586. The molecule has 1 aliphatic heterocycles. The van der Waals surface area contributed by atoms with Crippen molar-refractivity contribution in [3.63, 3.8) is 0 Å². The number of primary amides is 1. The highest BCUT2D eigenvalue weighted by molar-refractivity contribution is 6.12. The monoisotopic (exact) mass is 404 g/mol. The summed E-state index contributed by atoms with van der Waals surface area (Å²) >= 11 is 0. The smallest absolute Gasteiger partial charge is 0.251 e. The highest BCUT2D eigenvalue weighted by Gasteiger charge is 2.26. The zero-order valence-electron chi connectivity index (χ0n) is 17.1. The first-order valence-corrected chi connectivity index (χ1v) is 9.91. The third-order valence-corrected chi connectivity index (χ3v) is 5.27. The Balaban J connectivity index is 1.87. The van der Waals surface area contributed by atoms with Crippen LogP contribution in [0.1, 0.15) is 24.2 Å². The number of rotatable bonds is 6. The molecule has 0 bridgehead atoms. The molecule has 2 amide bonds. The Bertz CT molecular complexity index is 1150. The second-order valence-electron chi connectivity index (χ2n) is 7.02. The van der Waals surface area contributed by atoms with Crippen LogP contribution in [-0.4, -0.2) is 29.5 Å². The van der Waals surface area contributed by atoms with E-state index < -0.39 is 5.91 Å². The van der Waals surface area contributed by atoms with Gasteiger partial charge in [0.05, 0.1) is 35.6 Å². The molecule has 0 radical (unpaired) electrons. The van der Waals surface area contributed by atoms with Crippen LogP contribution in [0.3, 0.4) is 0 Å². The third-order valence-electron chi connectivity index (χ3n) is 5.27. The number of fused-ring (bicyclic) bond motifs is 1. The number of aryl methyl sites for hydroxylation is 1. The van der Waals surface area contributed by atoms with Gasteiger partial charge in [0.1, 0.15) is 11.6 Å². The number of nitrogens with one attached hydrogen (secondary N) is 1. The molecule has 30 heavy (non-hydrogen) atoms. The molecule has 4 rings (SSSR count). The number of carbonyl (C=O) groups excluding carboxylic acids is 2. The lowest BCUT2D eigenvalue weighted by molar-refractivity contribution is -0.116. The molecule has 2 aromatic carbocycles. The highest BCUT2D eigenvalue weighted by Crippen LogP contribution is 2.36. The second kappa shape index (κ2) is 7.59. The maximum absolute atomic E-state index is 12.4. The molecule has 0 aliphatic carbocycles. The van der Waals surface area contributed by atoms with Gasteiger partial charge in [0.15, 0.2) is 0 Å². The number of ether oxygens (including phenoxy) is 1. The lowest BCUT2D eigenvalue weighted by Crippen LogP contribution is -2.23.